The molecular weight excluding hydrogens is 202 g/mol. The molecule has 0 spiro atoms. The summed E-state index contributed by atoms with van der Waals surface area (Å²) in [4.78, 5) is 7.89. The Kier molecular flexibility index (Phi) is 3.16. The predicted molar refractivity (Wildman–Crippen MR) is 54.5 cm³/mol. The van der Waals surface area contributed by atoms with Gasteiger partial charge >= 0.3 is 0 Å². The van der Waals surface area contributed by atoms with Gasteiger partial charge in [0, 0.05) is 12.7 Å². The van der Waals surface area contributed by atoms with Gasteiger partial charge in [0.15, 0.2) is 0 Å². The number of nitrogens with one attached hydrogen (secondary N) is 1. The Morgan fingerprint density at radius 1 is 1.50 bits per heavy atom. The second kappa shape index (κ2) is 4.57. The molecule has 1 aliphatic rings. The fourth-order valence-corrected chi connectivity index (χ4v) is 1.62. The van der Waals surface area contributed by atoms with Gasteiger partial charge in [-0.15, -0.1) is 0 Å². The summed E-state index contributed by atoms with van der Waals surface area (Å²) in [5, 5.41) is 3.72. The smallest absolute Gasteiger partial charge is 0.134 e. The normalized spacial score (nSPS) is 21.9. The van der Waals surface area contributed by atoms with Crippen LogP contribution in [-0.4, -0.2) is 29.2 Å². The zero-order chi connectivity index (χ0) is 9.80. The zero-order valence-corrected chi connectivity index (χ0v) is 8.50. The van der Waals surface area contributed by atoms with Crippen LogP contribution in [0.15, 0.2) is 12.4 Å². The molecule has 0 unspecified atom stereocenters. The fourth-order valence-electron chi connectivity index (χ4n) is 1.48. The molecule has 0 amide bonds. The van der Waals surface area contributed by atoms with Gasteiger partial charge in [0.2, 0.25) is 0 Å². The van der Waals surface area contributed by atoms with Crippen molar-refractivity contribution in [3.8, 4) is 0 Å². The third-order valence-corrected chi connectivity index (χ3v) is 2.35. The summed E-state index contributed by atoms with van der Waals surface area (Å²) >= 11 is 5.74. The Labute approximate surface area is 87.7 Å². The highest BCUT2D eigenvalue weighted by molar-refractivity contribution is 6.29. The van der Waals surface area contributed by atoms with Crippen LogP contribution in [0.1, 0.15) is 12.8 Å². The summed E-state index contributed by atoms with van der Waals surface area (Å²) in [7, 11) is 0. The molecule has 76 valence electrons. The first-order valence-corrected chi connectivity index (χ1v) is 5.04. The van der Waals surface area contributed by atoms with E-state index in [0.717, 1.165) is 31.9 Å². The van der Waals surface area contributed by atoms with E-state index in [2.05, 4.69) is 15.3 Å². The molecule has 1 N–H and O–H groups in total. The van der Waals surface area contributed by atoms with Crippen molar-refractivity contribution in [2.24, 2.45) is 0 Å². The van der Waals surface area contributed by atoms with E-state index in [1.807, 2.05) is 0 Å². The van der Waals surface area contributed by atoms with Gasteiger partial charge in [-0.05, 0) is 12.8 Å². The van der Waals surface area contributed by atoms with E-state index in [4.69, 9.17) is 16.3 Å². The Morgan fingerprint density at radius 3 is 3.14 bits per heavy atom. The van der Waals surface area contributed by atoms with Gasteiger partial charge < -0.3 is 10.1 Å². The molecule has 0 saturated carbocycles. The number of hydrogen-bond donors (Lipinski definition) is 1. The van der Waals surface area contributed by atoms with Crippen molar-refractivity contribution in [2.75, 3.05) is 18.5 Å². The van der Waals surface area contributed by atoms with Crippen molar-refractivity contribution in [3.05, 3.63) is 17.5 Å². The summed E-state index contributed by atoms with van der Waals surface area (Å²) in [6.45, 7) is 1.60. The molecule has 0 aromatic carbocycles. The second-order valence-corrected chi connectivity index (χ2v) is 3.67. The molecule has 1 aromatic heterocycles. The molecule has 2 heterocycles. The van der Waals surface area contributed by atoms with Gasteiger partial charge in [-0.1, -0.05) is 11.6 Å². The summed E-state index contributed by atoms with van der Waals surface area (Å²) in [6, 6.07) is 2.06. The van der Waals surface area contributed by atoms with Gasteiger partial charge in [-0.3, -0.25) is 0 Å². The Morgan fingerprint density at radius 2 is 2.43 bits per heavy atom. The molecule has 1 saturated heterocycles. The number of aromatic nitrogens is 2. The quantitative estimate of drug-likeness (QED) is 0.760. The highest BCUT2D eigenvalue weighted by atomic mass is 35.5. The molecule has 1 aliphatic heterocycles. The summed E-state index contributed by atoms with van der Waals surface area (Å²) in [5.74, 6) is 0.764. The number of hydrogen-bond acceptors (Lipinski definition) is 4. The Balaban J connectivity index is 1.95. The topological polar surface area (TPSA) is 47.0 Å². The summed E-state index contributed by atoms with van der Waals surface area (Å²) in [6.07, 6.45) is 3.66. The lowest BCUT2D eigenvalue weighted by Crippen LogP contribution is -2.30. The number of anilines is 1. The maximum atomic E-state index is 5.74. The average Bonchev–Trinajstić information content (AvgIpc) is 2.19. The van der Waals surface area contributed by atoms with E-state index in [0.29, 0.717) is 11.2 Å². The monoisotopic (exact) mass is 213 g/mol. The molecule has 1 aromatic rings. The summed E-state index contributed by atoms with van der Waals surface area (Å²) in [5.41, 5.74) is 0. The van der Waals surface area contributed by atoms with Crippen molar-refractivity contribution in [3.63, 3.8) is 0 Å². The maximum Gasteiger partial charge on any atom is 0.134 e. The fraction of sp³-hybridized carbons (Fsp3) is 0.556. The summed E-state index contributed by atoms with van der Waals surface area (Å²) < 4.78 is 5.35. The molecule has 1 atom stereocenters. The van der Waals surface area contributed by atoms with Crippen LogP contribution in [-0.2, 0) is 4.74 Å². The first-order valence-electron chi connectivity index (χ1n) is 4.66. The van der Waals surface area contributed by atoms with Crippen LogP contribution in [0.5, 0.6) is 0 Å². The van der Waals surface area contributed by atoms with Crippen molar-refractivity contribution < 1.29 is 4.74 Å². The van der Waals surface area contributed by atoms with Gasteiger partial charge in [-0.2, -0.15) is 0 Å². The van der Waals surface area contributed by atoms with Crippen LogP contribution in [0.3, 0.4) is 0 Å². The van der Waals surface area contributed by atoms with Crippen LogP contribution in [0.4, 0.5) is 5.82 Å². The Bertz CT molecular complexity index is 302. The van der Waals surface area contributed by atoms with Gasteiger partial charge in [0.25, 0.3) is 0 Å². The molecule has 0 radical (unpaired) electrons. The van der Waals surface area contributed by atoms with Crippen LogP contribution in [0.2, 0.25) is 5.15 Å². The zero-order valence-electron chi connectivity index (χ0n) is 7.74. The van der Waals surface area contributed by atoms with E-state index in [9.17, 15) is 0 Å². The predicted octanol–water partition coefficient (Wildman–Crippen LogP) is 1.72. The third-order valence-electron chi connectivity index (χ3n) is 2.15. The molecule has 0 bridgehead atoms. The van der Waals surface area contributed by atoms with Crippen LogP contribution in [0.25, 0.3) is 0 Å². The van der Waals surface area contributed by atoms with E-state index < -0.39 is 0 Å². The SMILES string of the molecule is Clc1cc(N[C@H]2CCCOC2)ncn1. The maximum absolute atomic E-state index is 5.74. The lowest BCUT2D eigenvalue weighted by Gasteiger charge is -2.23. The lowest BCUT2D eigenvalue weighted by molar-refractivity contribution is 0.0875. The second-order valence-electron chi connectivity index (χ2n) is 3.28. The molecule has 1 fully saturated rings. The minimum atomic E-state index is 0.342. The van der Waals surface area contributed by atoms with Crippen LogP contribution in [0, 0.1) is 0 Å². The van der Waals surface area contributed by atoms with Crippen LogP contribution >= 0.6 is 11.6 Å². The molecule has 0 aliphatic carbocycles. The highest BCUT2D eigenvalue weighted by Gasteiger charge is 2.13. The number of nitrogens with zero attached hydrogens (tertiary/aromatic N) is 2. The largest absolute Gasteiger partial charge is 0.379 e. The van der Waals surface area contributed by atoms with Crippen molar-refractivity contribution in [1.29, 1.82) is 0 Å². The lowest BCUT2D eigenvalue weighted by atomic mass is 10.1. The highest BCUT2D eigenvalue weighted by Crippen LogP contribution is 2.14. The number of halogens is 1. The standard InChI is InChI=1S/C9H12ClN3O/c10-8-4-9(12-6-11-8)13-7-2-1-3-14-5-7/h4,6-7H,1-3,5H2,(H,11,12,13)/t7-/m0/s1. The van der Waals surface area contributed by atoms with Gasteiger partial charge in [0.1, 0.15) is 17.3 Å². The number of rotatable bonds is 2. The van der Waals surface area contributed by atoms with E-state index in [-0.39, 0.29) is 0 Å². The first kappa shape index (κ1) is 9.68. The average molecular weight is 214 g/mol. The minimum absolute atomic E-state index is 0.342. The van der Waals surface area contributed by atoms with E-state index in [1.165, 1.54) is 6.33 Å². The molecule has 14 heavy (non-hydrogen) atoms. The van der Waals surface area contributed by atoms with E-state index in [1.54, 1.807) is 6.07 Å². The molecule has 5 heteroatoms. The first-order chi connectivity index (χ1) is 6.84. The molecule has 2 rings (SSSR count). The van der Waals surface area contributed by atoms with Crippen molar-refractivity contribution in [2.45, 2.75) is 18.9 Å². The molecular formula is C9H12ClN3O. The Hall–Kier alpha value is -0.870. The molecule has 4 nitrogen and oxygen atoms in total. The van der Waals surface area contributed by atoms with E-state index >= 15 is 0 Å². The van der Waals surface area contributed by atoms with Gasteiger partial charge in [0.05, 0.1) is 12.6 Å². The van der Waals surface area contributed by atoms with Gasteiger partial charge in [-0.25, -0.2) is 9.97 Å². The third kappa shape index (κ3) is 2.56. The van der Waals surface area contributed by atoms with Crippen molar-refractivity contribution >= 4 is 17.4 Å². The van der Waals surface area contributed by atoms with Crippen molar-refractivity contribution in [1.82, 2.24) is 9.97 Å². The number of ether oxygens (including phenoxy) is 1. The van der Waals surface area contributed by atoms with Crippen LogP contribution < -0.4 is 5.32 Å². The minimum Gasteiger partial charge on any atom is -0.379 e.